The highest BCUT2D eigenvalue weighted by Crippen LogP contribution is 2.14. The van der Waals surface area contributed by atoms with Crippen LogP contribution in [0.1, 0.15) is 27.5 Å². The van der Waals surface area contributed by atoms with Crippen LogP contribution >= 0.6 is 0 Å². The summed E-state index contributed by atoms with van der Waals surface area (Å²) >= 11 is 0. The zero-order valence-corrected chi connectivity index (χ0v) is 12.0. The molecule has 2 rings (SSSR count). The Balaban J connectivity index is 2.21. The van der Waals surface area contributed by atoms with Gasteiger partial charge in [-0.2, -0.15) is 5.26 Å². The van der Waals surface area contributed by atoms with Crippen molar-refractivity contribution in [3.8, 4) is 6.07 Å². The van der Waals surface area contributed by atoms with E-state index in [1.165, 1.54) is 7.05 Å². The lowest BCUT2D eigenvalue weighted by molar-refractivity contribution is -0.122. The lowest BCUT2D eigenvalue weighted by Gasteiger charge is -2.17. The molecule has 2 N–H and O–H groups in total. The fraction of sp³-hybridized carbons (Fsp3) is 0.118. The van der Waals surface area contributed by atoms with Crippen LogP contribution in [-0.2, 0) is 4.79 Å². The molecule has 0 saturated heterocycles. The maximum atomic E-state index is 12.3. The number of carbonyl (C=O) groups excluding carboxylic acids is 2. The molecular weight excluding hydrogens is 278 g/mol. The first-order chi connectivity index (χ1) is 10.7. The lowest BCUT2D eigenvalue weighted by Crippen LogP contribution is -2.39. The van der Waals surface area contributed by atoms with Crippen LogP contribution in [0.4, 0.5) is 0 Å². The van der Waals surface area contributed by atoms with Gasteiger partial charge in [-0.1, -0.05) is 30.3 Å². The summed E-state index contributed by atoms with van der Waals surface area (Å²) in [5, 5.41) is 14.0. The van der Waals surface area contributed by atoms with E-state index < -0.39 is 6.04 Å². The van der Waals surface area contributed by atoms with E-state index in [1.54, 1.807) is 48.5 Å². The Morgan fingerprint density at radius 3 is 2.23 bits per heavy atom. The third-order valence-electron chi connectivity index (χ3n) is 3.19. The second-order valence-electron chi connectivity index (χ2n) is 4.62. The quantitative estimate of drug-likeness (QED) is 0.901. The molecule has 0 fully saturated rings. The highest BCUT2D eigenvalue weighted by atomic mass is 16.2. The van der Waals surface area contributed by atoms with E-state index in [0.29, 0.717) is 16.7 Å². The number of likely N-dealkylation sites (N-methyl/N-ethyl adjacent to an activating group) is 1. The van der Waals surface area contributed by atoms with Crippen molar-refractivity contribution in [3.63, 3.8) is 0 Å². The monoisotopic (exact) mass is 293 g/mol. The molecule has 0 aliphatic heterocycles. The Hall–Kier alpha value is -3.13. The van der Waals surface area contributed by atoms with Crippen molar-refractivity contribution in [1.82, 2.24) is 10.6 Å². The van der Waals surface area contributed by atoms with E-state index in [0.717, 1.165) is 0 Å². The molecule has 5 nitrogen and oxygen atoms in total. The van der Waals surface area contributed by atoms with Crippen molar-refractivity contribution in [2.75, 3.05) is 7.05 Å². The van der Waals surface area contributed by atoms with Crippen LogP contribution < -0.4 is 10.6 Å². The molecule has 5 heteroatoms. The van der Waals surface area contributed by atoms with E-state index in [-0.39, 0.29) is 11.8 Å². The van der Waals surface area contributed by atoms with Gasteiger partial charge in [-0.05, 0) is 29.8 Å². The van der Waals surface area contributed by atoms with Crippen LogP contribution in [0.25, 0.3) is 0 Å². The number of rotatable bonds is 4. The number of benzene rings is 2. The highest BCUT2D eigenvalue weighted by molar-refractivity contribution is 5.97. The van der Waals surface area contributed by atoms with Gasteiger partial charge in [0.25, 0.3) is 5.91 Å². The van der Waals surface area contributed by atoms with Crippen LogP contribution in [0.2, 0.25) is 0 Å². The average molecular weight is 293 g/mol. The molecule has 0 saturated carbocycles. The van der Waals surface area contributed by atoms with Crippen LogP contribution in [0.5, 0.6) is 0 Å². The molecule has 0 heterocycles. The minimum absolute atomic E-state index is 0.298. The summed E-state index contributed by atoms with van der Waals surface area (Å²) in [6, 6.07) is 16.5. The van der Waals surface area contributed by atoms with Gasteiger partial charge in [0.1, 0.15) is 6.04 Å². The third kappa shape index (κ3) is 3.49. The molecule has 0 aromatic heterocycles. The number of hydrogen-bond acceptors (Lipinski definition) is 3. The Bertz CT molecular complexity index is 703. The zero-order valence-electron chi connectivity index (χ0n) is 12.0. The summed E-state index contributed by atoms with van der Waals surface area (Å²) in [7, 11) is 1.52. The molecule has 22 heavy (non-hydrogen) atoms. The normalized spacial score (nSPS) is 11.1. The zero-order chi connectivity index (χ0) is 15.9. The van der Waals surface area contributed by atoms with Gasteiger partial charge in [-0.3, -0.25) is 9.59 Å². The minimum atomic E-state index is -0.769. The highest BCUT2D eigenvalue weighted by Gasteiger charge is 2.22. The Labute approximate surface area is 128 Å². The van der Waals surface area contributed by atoms with Crippen LogP contribution in [0.15, 0.2) is 54.6 Å². The van der Waals surface area contributed by atoms with Crippen LogP contribution in [-0.4, -0.2) is 18.9 Å². The van der Waals surface area contributed by atoms with Gasteiger partial charge in [-0.25, -0.2) is 0 Å². The molecule has 2 aromatic carbocycles. The second-order valence-corrected chi connectivity index (χ2v) is 4.62. The molecule has 0 radical (unpaired) electrons. The molecule has 2 amide bonds. The topological polar surface area (TPSA) is 82.0 Å². The summed E-state index contributed by atoms with van der Waals surface area (Å²) in [5.41, 5.74) is 1.56. The molecule has 1 atom stereocenters. The Morgan fingerprint density at radius 2 is 1.68 bits per heavy atom. The summed E-state index contributed by atoms with van der Waals surface area (Å²) in [6.07, 6.45) is 0. The van der Waals surface area contributed by atoms with Gasteiger partial charge in [-0.15, -0.1) is 0 Å². The number of nitriles is 1. The van der Waals surface area contributed by atoms with Crippen LogP contribution in [0.3, 0.4) is 0 Å². The second kappa shape index (κ2) is 7.04. The first-order valence-electron chi connectivity index (χ1n) is 6.73. The number of nitrogens with one attached hydrogen (secondary N) is 2. The van der Waals surface area contributed by atoms with Crippen molar-refractivity contribution < 1.29 is 9.59 Å². The molecule has 110 valence electrons. The van der Waals surface area contributed by atoms with Crippen molar-refractivity contribution in [1.29, 1.82) is 5.26 Å². The number of amides is 2. The molecule has 0 aliphatic carbocycles. The molecule has 0 spiro atoms. The SMILES string of the molecule is CNC(=O)C(NC(=O)c1ccc(C#N)cc1)c1ccccc1. The molecule has 1 unspecified atom stereocenters. The van der Waals surface area contributed by atoms with Crippen molar-refractivity contribution >= 4 is 11.8 Å². The molecular formula is C17H15N3O2. The van der Waals surface area contributed by atoms with Gasteiger partial charge in [0, 0.05) is 12.6 Å². The predicted molar refractivity (Wildman–Crippen MR) is 81.9 cm³/mol. The predicted octanol–water partition coefficient (Wildman–Crippen LogP) is 1.78. The Kier molecular flexibility index (Phi) is 4.89. The number of nitrogens with zero attached hydrogens (tertiary/aromatic N) is 1. The fourth-order valence-corrected chi connectivity index (χ4v) is 2.00. The van der Waals surface area contributed by atoms with E-state index in [1.807, 2.05) is 12.1 Å². The first kappa shape index (κ1) is 15.3. The summed E-state index contributed by atoms with van der Waals surface area (Å²) in [5.74, 6) is -0.671. The molecule has 2 aromatic rings. The van der Waals surface area contributed by atoms with Gasteiger partial charge in [0.2, 0.25) is 5.91 Å². The maximum Gasteiger partial charge on any atom is 0.252 e. The number of hydrogen-bond donors (Lipinski definition) is 2. The largest absolute Gasteiger partial charge is 0.357 e. The van der Waals surface area contributed by atoms with Crippen molar-refractivity contribution in [2.24, 2.45) is 0 Å². The van der Waals surface area contributed by atoms with Crippen molar-refractivity contribution in [2.45, 2.75) is 6.04 Å². The van der Waals surface area contributed by atoms with Gasteiger partial charge >= 0.3 is 0 Å². The van der Waals surface area contributed by atoms with E-state index >= 15 is 0 Å². The average Bonchev–Trinajstić information content (AvgIpc) is 2.59. The number of carbonyl (C=O) groups is 2. The van der Waals surface area contributed by atoms with E-state index in [2.05, 4.69) is 10.6 Å². The Morgan fingerprint density at radius 1 is 1.05 bits per heavy atom. The van der Waals surface area contributed by atoms with Crippen molar-refractivity contribution in [3.05, 3.63) is 71.3 Å². The van der Waals surface area contributed by atoms with Gasteiger partial charge < -0.3 is 10.6 Å². The first-order valence-corrected chi connectivity index (χ1v) is 6.73. The summed E-state index contributed by atoms with van der Waals surface area (Å²) in [6.45, 7) is 0. The molecule has 0 bridgehead atoms. The van der Waals surface area contributed by atoms with E-state index in [4.69, 9.17) is 5.26 Å². The maximum absolute atomic E-state index is 12.3. The van der Waals surface area contributed by atoms with Gasteiger partial charge in [0.05, 0.1) is 11.6 Å². The molecule has 0 aliphatic rings. The summed E-state index contributed by atoms with van der Waals surface area (Å²) in [4.78, 5) is 24.3. The standard InChI is InChI=1S/C17H15N3O2/c1-19-17(22)15(13-5-3-2-4-6-13)20-16(21)14-9-7-12(11-18)8-10-14/h2-10,15H,1H3,(H,19,22)(H,20,21). The lowest BCUT2D eigenvalue weighted by atomic mass is 10.1. The third-order valence-corrected chi connectivity index (χ3v) is 3.19. The van der Waals surface area contributed by atoms with E-state index in [9.17, 15) is 9.59 Å². The minimum Gasteiger partial charge on any atom is -0.357 e. The fourth-order valence-electron chi connectivity index (χ4n) is 2.00. The summed E-state index contributed by atoms with van der Waals surface area (Å²) < 4.78 is 0. The smallest absolute Gasteiger partial charge is 0.252 e. The van der Waals surface area contributed by atoms with Gasteiger partial charge in [0.15, 0.2) is 0 Å². The van der Waals surface area contributed by atoms with Crippen LogP contribution in [0, 0.1) is 11.3 Å².